The lowest BCUT2D eigenvalue weighted by molar-refractivity contribution is -0.110. The van der Waals surface area contributed by atoms with E-state index in [1.165, 1.54) is 17.2 Å². The van der Waals surface area contributed by atoms with E-state index < -0.39 is 11.2 Å². The van der Waals surface area contributed by atoms with Crippen LogP contribution in [0.1, 0.15) is 24.2 Å². The molecule has 0 atom stereocenters. The number of nitrogens with one attached hydrogen (secondary N) is 1. The molecule has 0 aliphatic carbocycles. The molecular weight excluding hydrogens is 220 g/mol. The molecule has 1 aliphatic rings. The molecule has 2 rings (SSSR count). The SMILES string of the molecule is CC(C)C1(O)CN(C(=O)c2ccc[nH]c2=O)C1. The number of aliphatic hydroxyl groups is 1. The van der Waals surface area contributed by atoms with E-state index in [4.69, 9.17) is 0 Å². The third-order valence-electron chi connectivity index (χ3n) is 3.34. The second-order valence-electron chi connectivity index (χ2n) is 4.83. The molecule has 0 aromatic carbocycles. The maximum absolute atomic E-state index is 12.0. The average molecular weight is 236 g/mol. The minimum atomic E-state index is -0.808. The third-order valence-corrected chi connectivity index (χ3v) is 3.34. The Balaban J connectivity index is 2.11. The van der Waals surface area contributed by atoms with E-state index in [0.717, 1.165) is 0 Å². The zero-order valence-corrected chi connectivity index (χ0v) is 9.93. The zero-order chi connectivity index (χ0) is 12.6. The van der Waals surface area contributed by atoms with Gasteiger partial charge in [-0.15, -0.1) is 0 Å². The highest BCUT2D eigenvalue weighted by Gasteiger charge is 2.46. The third kappa shape index (κ3) is 1.98. The Labute approximate surface area is 99.1 Å². The van der Waals surface area contributed by atoms with Gasteiger partial charge < -0.3 is 15.0 Å². The maximum Gasteiger partial charge on any atom is 0.260 e. The van der Waals surface area contributed by atoms with E-state index >= 15 is 0 Å². The van der Waals surface area contributed by atoms with E-state index in [1.807, 2.05) is 13.8 Å². The molecule has 0 saturated carbocycles. The number of hydrogen-bond acceptors (Lipinski definition) is 3. The normalized spacial score (nSPS) is 18.0. The van der Waals surface area contributed by atoms with Crippen LogP contribution in [0, 0.1) is 5.92 Å². The van der Waals surface area contributed by atoms with Crippen molar-refractivity contribution in [3.63, 3.8) is 0 Å². The minimum Gasteiger partial charge on any atom is -0.386 e. The summed E-state index contributed by atoms with van der Waals surface area (Å²) in [6.07, 6.45) is 1.49. The van der Waals surface area contributed by atoms with Crippen molar-refractivity contribution in [3.8, 4) is 0 Å². The lowest BCUT2D eigenvalue weighted by Gasteiger charge is -2.48. The van der Waals surface area contributed by atoms with Crippen molar-refractivity contribution < 1.29 is 9.90 Å². The number of β-amino-alcohol motifs (C(OH)–C–C–N with tert-alkyl or cyclic N) is 1. The highest BCUT2D eigenvalue weighted by Crippen LogP contribution is 2.29. The van der Waals surface area contributed by atoms with Crippen molar-refractivity contribution in [2.45, 2.75) is 19.4 Å². The summed E-state index contributed by atoms with van der Waals surface area (Å²) in [5.41, 5.74) is -1.08. The average Bonchev–Trinajstić information content (AvgIpc) is 2.24. The lowest BCUT2D eigenvalue weighted by atomic mass is 9.82. The van der Waals surface area contributed by atoms with Crippen molar-refractivity contribution in [2.24, 2.45) is 5.92 Å². The van der Waals surface area contributed by atoms with Crippen molar-refractivity contribution in [3.05, 3.63) is 34.2 Å². The van der Waals surface area contributed by atoms with E-state index in [2.05, 4.69) is 4.98 Å². The molecular formula is C12H16N2O3. The van der Waals surface area contributed by atoms with Crippen LogP contribution in [-0.4, -0.2) is 39.6 Å². The number of carbonyl (C=O) groups excluding carboxylic acids is 1. The van der Waals surface area contributed by atoms with E-state index in [-0.39, 0.29) is 30.5 Å². The van der Waals surface area contributed by atoms with Crippen LogP contribution >= 0.6 is 0 Å². The molecule has 0 unspecified atom stereocenters. The fourth-order valence-corrected chi connectivity index (χ4v) is 1.88. The van der Waals surface area contributed by atoms with Gasteiger partial charge in [-0.1, -0.05) is 13.8 Å². The van der Waals surface area contributed by atoms with Gasteiger partial charge in [0.05, 0.1) is 13.1 Å². The van der Waals surface area contributed by atoms with Gasteiger partial charge in [0.2, 0.25) is 0 Å². The molecule has 1 aliphatic heterocycles. The van der Waals surface area contributed by atoms with Crippen molar-refractivity contribution in [1.82, 2.24) is 9.88 Å². The molecule has 5 nitrogen and oxygen atoms in total. The quantitative estimate of drug-likeness (QED) is 0.771. The van der Waals surface area contributed by atoms with Crippen LogP contribution in [-0.2, 0) is 0 Å². The van der Waals surface area contributed by atoms with Crippen molar-refractivity contribution in [1.29, 1.82) is 0 Å². The van der Waals surface area contributed by atoms with E-state index in [9.17, 15) is 14.7 Å². The van der Waals surface area contributed by atoms with E-state index in [0.29, 0.717) is 0 Å². The van der Waals surface area contributed by atoms with E-state index in [1.54, 1.807) is 6.07 Å². The molecule has 5 heteroatoms. The van der Waals surface area contributed by atoms with Gasteiger partial charge in [0.1, 0.15) is 11.2 Å². The molecule has 1 aromatic heterocycles. The smallest absolute Gasteiger partial charge is 0.260 e. The van der Waals surface area contributed by atoms with Gasteiger partial charge in [-0.3, -0.25) is 9.59 Å². The summed E-state index contributed by atoms with van der Waals surface area (Å²) in [6.45, 7) is 4.41. The predicted octanol–water partition coefficient (Wildman–Crippen LogP) is 0.218. The number of aromatic amines is 1. The number of aromatic nitrogens is 1. The lowest BCUT2D eigenvalue weighted by Crippen LogP contribution is -2.66. The Bertz CT molecular complexity index is 487. The number of nitrogens with zero attached hydrogens (tertiary/aromatic N) is 1. The molecule has 0 bridgehead atoms. The van der Waals surface area contributed by atoms with Gasteiger partial charge in [-0.2, -0.15) is 0 Å². The number of likely N-dealkylation sites (tertiary alicyclic amines) is 1. The van der Waals surface area contributed by atoms with Gasteiger partial charge in [0.25, 0.3) is 11.5 Å². The molecule has 0 radical (unpaired) electrons. The first-order valence-corrected chi connectivity index (χ1v) is 5.63. The Morgan fingerprint density at radius 1 is 1.53 bits per heavy atom. The first kappa shape index (κ1) is 11.9. The fraction of sp³-hybridized carbons (Fsp3) is 0.500. The van der Waals surface area contributed by atoms with Crippen molar-refractivity contribution in [2.75, 3.05) is 13.1 Å². The Hall–Kier alpha value is -1.62. The molecule has 2 N–H and O–H groups in total. The highest BCUT2D eigenvalue weighted by atomic mass is 16.3. The van der Waals surface area contributed by atoms with Crippen molar-refractivity contribution >= 4 is 5.91 Å². The Kier molecular flexibility index (Phi) is 2.79. The number of hydrogen-bond donors (Lipinski definition) is 2. The number of rotatable bonds is 2. The van der Waals surface area contributed by atoms with Crippen LogP contribution in [0.5, 0.6) is 0 Å². The predicted molar refractivity (Wildman–Crippen MR) is 62.8 cm³/mol. The summed E-state index contributed by atoms with van der Waals surface area (Å²) in [5.74, 6) is -0.224. The topological polar surface area (TPSA) is 73.4 Å². The van der Waals surface area contributed by atoms with Gasteiger partial charge in [0.15, 0.2) is 0 Å². The summed E-state index contributed by atoms with van der Waals surface area (Å²) < 4.78 is 0. The largest absolute Gasteiger partial charge is 0.386 e. The summed E-state index contributed by atoms with van der Waals surface area (Å²) in [7, 11) is 0. The minimum absolute atomic E-state index is 0.0978. The molecule has 17 heavy (non-hydrogen) atoms. The molecule has 2 heterocycles. The van der Waals surface area contributed by atoms with Crippen LogP contribution < -0.4 is 5.56 Å². The summed E-state index contributed by atoms with van der Waals surface area (Å²) in [6, 6.07) is 3.11. The molecule has 1 saturated heterocycles. The number of H-pyrrole nitrogens is 1. The van der Waals surface area contributed by atoms with Crippen LogP contribution in [0.4, 0.5) is 0 Å². The number of carbonyl (C=O) groups is 1. The van der Waals surface area contributed by atoms with Gasteiger partial charge >= 0.3 is 0 Å². The second kappa shape index (κ2) is 4.00. The summed E-state index contributed by atoms with van der Waals surface area (Å²) >= 11 is 0. The van der Waals surface area contributed by atoms with Gasteiger partial charge in [-0.05, 0) is 18.1 Å². The Morgan fingerprint density at radius 2 is 2.18 bits per heavy atom. The molecule has 92 valence electrons. The fourth-order valence-electron chi connectivity index (χ4n) is 1.88. The second-order valence-corrected chi connectivity index (χ2v) is 4.83. The molecule has 1 amide bonds. The molecule has 1 fully saturated rings. The van der Waals surface area contributed by atoms with Crippen LogP contribution in [0.25, 0.3) is 0 Å². The van der Waals surface area contributed by atoms with Crippen LogP contribution in [0.15, 0.2) is 23.1 Å². The summed E-state index contributed by atoms with van der Waals surface area (Å²) in [5, 5.41) is 10.0. The van der Waals surface area contributed by atoms with Crippen LogP contribution in [0.3, 0.4) is 0 Å². The number of amides is 1. The van der Waals surface area contributed by atoms with Crippen LogP contribution in [0.2, 0.25) is 0 Å². The summed E-state index contributed by atoms with van der Waals surface area (Å²) in [4.78, 5) is 27.3. The highest BCUT2D eigenvalue weighted by molar-refractivity contribution is 5.94. The number of pyridine rings is 1. The standard InChI is InChI=1S/C12H16N2O3/c1-8(2)12(17)6-14(7-12)11(16)9-4-3-5-13-10(9)15/h3-5,8,17H,6-7H2,1-2H3,(H,13,15). The maximum atomic E-state index is 12.0. The van der Waals surface area contributed by atoms with Gasteiger partial charge in [-0.25, -0.2) is 0 Å². The first-order valence-electron chi connectivity index (χ1n) is 5.63. The zero-order valence-electron chi connectivity index (χ0n) is 9.93. The first-order chi connectivity index (χ1) is 7.94. The monoisotopic (exact) mass is 236 g/mol. The Morgan fingerprint density at radius 3 is 2.71 bits per heavy atom. The molecule has 0 spiro atoms. The van der Waals surface area contributed by atoms with Gasteiger partial charge in [0, 0.05) is 6.20 Å². The molecule has 1 aromatic rings.